The Kier molecular flexibility index (Phi) is 4.24. The molecular formula is C14H16N4O2. The molecule has 0 aliphatic rings. The molecule has 6 nitrogen and oxygen atoms in total. The highest BCUT2D eigenvalue weighted by Crippen LogP contribution is 2.06. The second-order valence-electron chi connectivity index (χ2n) is 4.50. The van der Waals surface area contributed by atoms with Crippen LogP contribution in [0.15, 0.2) is 29.3 Å². The number of pyridine rings is 1. The predicted molar refractivity (Wildman–Crippen MR) is 75.5 cm³/mol. The fourth-order valence-corrected chi connectivity index (χ4v) is 1.94. The molecule has 0 aliphatic carbocycles. The molecular weight excluding hydrogens is 256 g/mol. The summed E-state index contributed by atoms with van der Waals surface area (Å²) in [4.78, 5) is 34.3. The summed E-state index contributed by atoms with van der Waals surface area (Å²) in [6, 6.07) is 3.42. The Balaban J connectivity index is 1.99. The number of hydrogen-bond acceptors (Lipinski definition) is 4. The number of nitrogens with zero attached hydrogens (tertiary/aromatic N) is 2. The summed E-state index contributed by atoms with van der Waals surface area (Å²) in [5.41, 5.74) is 1.74. The fraction of sp³-hybridized carbons (Fsp3) is 0.286. The number of aryl methyl sites for hydroxylation is 2. The number of H-pyrrole nitrogens is 1. The normalized spacial score (nSPS) is 10.3. The molecule has 1 amide bonds. The van der Waals surface area contributed by atoms with Crippen LogP contribution in [0.4, 0.5) is 5.69 Å². The third-order valence-electron chi connectivity index (χ3n) is 2.91. The van der Waals surface area contributed by atoms with E-state index < -0.39 is 0 Å². The Bertz CT molecular complexity index is 665. The van der Waals surface area contributed by atoms with Crippen molar-refractivity contribution >= 4 is 11.6 Å². The number of amides is 1. The SMILES string of the molecule is Cc1nc(C)c(CCC(=O)Nc2ccncc2)c(=O)[nH]1. The van der Waals surface area contributed by atoms with Crippen molar-refractivity contribution in [2.24, 2.45) is 0 Å². The van der Waals surface area contributed by atoms with Crippen LogP contribution in [0.5, 0.6) is 0 Å². The van der Waals surface area contributed by atoms with Gasteiger partial charge in [0.15, 0.2) is 0 Å². The molecule has 0 fully saturated rings. The number of nitrogens with one attached hydrogen (secondary N) is 2. The van der Waals surface area contributed by atoms with Crippen molar-refractivity contribution in [2.45, 2.75) is 26.7 Å². The van der Waals surface area contributed by atoms with Crippen molar-refractivity contribution in [1.29, 1.82) is 0 Å². The van der Waals surface area contributed by atoms with Crippen molar-refractivity contribution in [3.8, 4) is 0 Å². The molecule has 20 heavy (non-hydrogen) atoms. The zero-order chi connectivity index (χ0) is 14.5. The molecule has 0 radical (unpaired) electrons. The predicted octanol–water partition coefficient (Wildman–Crippen LogP) is 1.35. The lowest BCUT2D eigenvalue weighted by Crippen LogP contribution is -2.20. The van der Waals surface area contributed by atoms with Gasteiger partial charge < -0.3 is 10.3 Å². The molecule has 0 saturated carbocycles. The molecule has 6 heteroatoms. The Morgan fingerprint density at radius 3 is 2.65 bits per heavy atom. The molecule has 2 rings (SSSR count). The highest BCUT2D eigenvalue weighted by molar-refractivity contribution is 5.90. The van der Waals surface area contributed by atoms with Crippen molar-refractivity contribution < 1.29 is 4.79 Å². The highest BCUT2D eigenvalue weighted by Gasteiger charge is 2.09. The van der Waals surface area contributed by atoms with E-state index in [-0.39, 0.29) is 17.9 Å². The van der Waals surface area contributed by atoms with Gasteiger partial charge in [0.05, 0.1) is 0 Å². The monoisotopic (exact) mass is 272 g/mol. The van der Waals surface area contributed by atoms with Gasteiger partial charge in [0, 0.05) is 35.8 Å². The van der Waals surface area contributed by atoms with Gasteiger partial charge in [-0.2, -0.15) is 0 Å². The van der Waals surface area contributed by atoms with E-state index >= 15 is 0 Å². The van der Waals surface area contributed by atoms with Gasteiger partial charge in [-0.3, -0.25) is 14.6 Å². The van der Waals surface area contributed by atoms with E-state index in [4.69, 9.17) is 0 Å². The van der Waals surface area contributed by atoms with Crippen LogP contribution >= 0.6 is 0 Å². The molecule has 104 valence electrons. The van der Waals surface area contributed by atoms with Crippen molar-refractivity contribution in [3.63, 3.8) is 0 Å². The molecule has 0 atom stereocenters. The lowest BCUT2D eigenvalue weighted by atomic mass is 10.1. The first kappa shape index (κ1) is 13.9. The number of aromatic amines is 1. The largest absolute Gasteiger partial charge is 0.326 e. The molecule has 0 aliphatic heterocycles. The summed E-state index contributed by atoms with van der Waals surface area (Å²) in [5.74, 6) is 0.438. The third kappa shape index (κ3) is 3.50. The van der Waals surface area contributed by atoms with Gasteiger partial charge in [0.25, 0.3) is 5.56 Å². The second kappa shape index (κ2) is 6.10. The van der Waals surface area contributed by atoms with Crippen LogP contribution in [0.25, 0.3) is 0 Å². The van der Waals surface area contributed by atoms with E-state index in [9.17, 15) is 9.59 Å². The average molecular weight is 272 g/mol. The Hall–Kier alpha value is -2.50. The van der Waals surface area contributed by atoms with Gasteiger partial charge in [-0.25, -0.2) is 4.98 Å². The molecule has 0 spiro atoms. The van der Waals surface area contributed by atoms with Crippen LogP contribution in [0.1, 0.15) is 23.5 Å². The minimum Gasteiger partial charge on any atom is -0.326 e. The topological polar surface area (TPSA) is 87.7 Å². The number of hydrogen-bond donors (Lipinski definition) is 2. The first-order valence-corrected chi connectivity index (χ1v) is 6.32. The number of carbonyl (C=O) groups excluding carboxylic acids is 1. The number of carbonyl (C=O) groups is 1. The molecule has 0 saturated heterocycles. The summed E-state index contributed by atoms with van der Waals surface area (Å²) < 4.78 is 0. The van der Waals surface area contributed by atoms with Crippen LogP contribution in [0.2, 0.25) is 0 Å². The first-order valence-electron chi connectivity index (χ1n) is 6.32. The van der Waals surface area contributed by atoms with Gasteiger partial charge in [-0.15, -0.1) is 0 Å². The van der Waals surface area contributed by atoms with E-state index in [1.165, 1.54) is 0 Å². The van der Waals surface area contributed by atoms with E-state index in [0.717, 1.165) is 0 Å². The van der Waals surface area contributed by atoms with Gasteiger partial charge in [-0.05, 0) is 32.4 Å². The summed E-state index contributed by atoms with van der Waals surface area (Å²) in [5, 5.41) is 2.75. The van der Waals surface area contributed by atoms with Crippen molar-refractivity contribution in [3.05, 3.63) is 52.0 Å². The minimum absolute atomic E-state index is 0.143. The smallest absolute Gasteiger partial charge is 0.254 e. The molecule has 2 aromatic rings. The van der Waals surface area contributed by atoms with E-state index in [1.54, 1.807) is 38.4 Å². The summed E-state index contributed by atoms with van der Waals surface area (Å²) >= 11 is 0. The summed E-state index contributed by atoms with van der Waals surface area (Å²) in [7, 11) is 0. The molecule has 0 unspecified atom stereocenters. The fourth-order valence-electron chi connectivity index (χ4n) is 1.94. The summed E-state index contributed by atoms with van der Waals surface area (Å²) in [6.45, 7) is 3.51. The lowest BCUT2D eigenvalue weighted by Gasteiger charge is -2.06. The molecule has 2 aromatic heterocycles. The van der Waals surface area contributed by atoms with Crippen LogP contribution in [-0.4, -0.2) is 20.9 Å². The van der Waals surface area contributed by atoms with Gasteiger partial charge >= 0.3 is 0 Å². The maximum atomic E-state index is 11.8. The van der Waals surface area contributed by atoms with Gasteiger partial charge in [0.2, 0.25) is 5.91 Å². The average Bonchev–Trinajstić information content (AvgIpc) is 2.38. The zero-order valence-electron chi connectivity index (χ0n) is 11.4. The van der Waals surface area contributed by atoms with E-state index in [1.807, 2.05) is 0 Å². The Labute approximate surface area is 116 Å². The molecule has 0 bridgehead atoms. The van der Waals surface area contributed by atoms with Gasteiger partial charge in [0.1, 0.15) is 5.82 Å². The summed E-state index contributed by atoms with van der Waals surface area (Å²) in [6.07, 6.45) is 3.81. The first-order chi connectivity index (χ1) is 9.56. The number of aromatic nitrogens is 3. The zero-order valence-corrected chi connectivity index (χ0v) is 11.4. The maximum absolute atomic E-state index is 11.8. The second-order valence-corrected chi connectivity index (χ2v) is 4.50. The Morgan fingerprint density at radius 1 is 1.30 bits per heavy atom. The van der Waals surface area contributed by atoms with Crippen LogP contribution in [-0.2, 0) is 11.2 Å². The van der Waals surface area contributed by atoms with E-state index in [0.29, 0.717) is 29.2 Å². The maximum Gasteiger partial charge on any atom is 0.254 e. The molecule has 2 heterocycles. The molecule has 2 N–H and O–H groups in total. The van der Waals surface area contributed by atoms with Crippen LogP contribution in [0, 0.1) is 13.8 Å². The van der Waals surface area contributed by atoms with Crippen molar-refractivity contribution in [2.75, 3.05) is 5.32 Å². The van der Waals surface area contributed by atoms with Crippen molar-refractivity contribution in [1.82, 2.24) is 15.0 Å². The van der Waals surface area contributed by atoms with Crippen LogP contribution < -0.4 is 10.9 Å². The quantitative estimate of drug-likeness (QED) is 0.879. The third-order valence-corrected chi connectivity index (χ3v) is 2.91. The number of rotatable bonds is 4. The standard InChI is InChI=1S/C14H16N4O2/c1-9-12(14(20)17-10(2)16-9)3-4-13(19)18-11-5-7-15-8-6-11/h5-8H,3-4H2,1-2H3,(H,15,18,19)(H,16,17,20). The molecule has 0 aromatic carbocycles. The number of anilines is 1. The Morgan fingerprint density at radius 2 is 2.00 bits per heavy atom. The lowest BCUT2D eigenvalue weighted by molar-refractivity contribution is -0.116. The minimum atomic E-state index is -0.174. The van der Waals surface area contributed by atoms with E-state index in [2.05, 4.69) is 20.3 Å². The highest BCUT2D eigenvalue weighted by atomic mass is 16.1. The van der Waals surface area contributed by atoms with Gasteiger partial charge in [-0.1, -0.05) is 0 Å². The van der Waals surface area contributed by atoms with Crippen LogP contribution in [0.3, 0.4) is 0 Å².